The summed E-state index contributed by atoms with van der Waals surface area (Å²) in [6.07, 6.45) is -0.325. The maximum Gasteiger partial charge on any atom is 0.128 e. The molecule has 0 unspecified atom stereocenters. The van der Waals surface area contributed by atoms with Gasteiger partial charge in [-0.3, -0.25) is 0 Å². The lowest BCUT2D eigenvalue weighted by Crippen LogP contribution is -2.19. The number of ether oxygens (including phenoxy) is 1. The molecule has 0 aromatic rings. The van der Waals surface area contributed by atoms with E-state index < -0.39 is 6.17 Å². The zero-order valence-corrected chi connectivity index (χ0v) is 5.22. The van der Waals surface area contributed by atoms with Crippen LogP contribution in [0.4, 0.5) is 4.39 Å². The van der Waals surface area contributed by atoms with E-state index >= 15 is 0 Å². The number of hydrogen-bond donors (Lipinski definition) is 1. The summed E-state index contributed by atoms with van der Waals surface area (Å²) in [5.41, 5.74) is 0. The predicted molar refractivity (Wildman–Crippen MR) is 30.9 cm³/mol. The first-order chi connectivity index (χ1) is 4.34. The van der Waals surface area contributed by atoms with Crippen molar-refractivity contribution in [2.24, 2.45) is 5.92 Å². The average molecular weight is 134 g/mol. The fraction of sp³-hybridized carbons (Fsp3) is 1.00. The first kappa shape index (κ1) is 6.96. The lowest BCUT2D eigenvalue weighted by atomic mass is 10.0. The second kappa shape index (κ2) is 3.13. The van der Waals surface area contributed by atoms with Crippen molar-refractivity contribution in [2.45, 2.75) is 12.6 Å². The minimum absolute atomic E-state index is 0.0602. The van der Waals surface area contributed by atoms with Gasteiger partial charge in [-0.1, -0.05) is 0 Å². The van der Waals surface area contributed by atoms with Gasteiger partial charge in [0.1, 0.15) is 6.17 Å². The Morgan fingerprint density at radius 2 is 2.56 bits per heavy atom. The van der Waals surface area contributed by atoms with Crippen LogP contribution in [0.3, 0.4) is 0 Å². The standard InChI is InChI=1S/C6H11FO2/c7-6(3-8)5-1-2-9-4-5/h5-6,8H,1-4H2/t5-,6+/m0/s1. The SMILES string of the molecule is OC[C@@H](F)[C@H]1CCOC1. The van der Waals surface area contributed by atoms with Crippen molar-refractivity contribution in [3.05, 3.63) is 0 Å². The number of aliphatic hydroxyl groups excluding tert-OH is 1. The lowest BCUT2D eigenvalue weighted by Gasteiger charge is -2.09. The van der Waals surface area contributed by atoms with Gasteiger partial charge in [0.2, 0.25) is 0 Å². The quantitative estimate of drug-likeness (QED) is 0.590. The van der Waals surface area contributed by atoms with E-state index in [1.54, 1.807) is 0 Å². The topological polar surface area (TPSA) is 29.5 Å². The van der Waals surface area contributed by atoms with Gasteiger partial charge < -0.3 is 9.84 Å². The molecule has 0 aromatic heterocycles. The Morgan fingerprint density at radius 3 is 3.00 bits per heavy atom. The Kier molecular flexibility index (Phi) is 2.42. The Morgan fingerprint density at radius 1 is 1.78 bits per heavy atom. The second-order valence-corrected chi connectivity index (χ2v) is 2.32. The highest BCUT2D eigenvalue weighted by Crippen LogP contribution is 2.18. The molecule has 1 fully saturated rings. The monoisotopic (exact) mass is 134 g/mol. The van der Waals surface area contributed by atoms with Crippen LogP contribution in [0.1, 0.15) is 6.42 Å². The summed E-state index contributed by atoms with van der Waals surface area (Å²) < 4.78 is 17.4. The molecule has 3 heteroatoms. The summed E-state index contributed by atoms with van der Waals surface area (Å²) in [5.74, 6) is -0.0602. The summed E-state index contributed by atoms with van der Waals surface area (Å²) >= 11 is 0. The van der Waals surface area contributed by atoms with Crippen LogP contribution < -0.4 is 0 Å². The fourth-order valence-electron chi connectivity index (χ4n) is 0.987. The van der Waals surface area contributed by atoms with Crippen molar-refractivity contribution in [1.82, 2.24) is 0 Å². The van der Waals surface area contributed by atoms with Gasteiger partial charge in [0.05, 0.1) is 13.2 Å². The van der Waals surface area contributed by atoms with E-state index in [0.29, 0.717) is 13.2 Å². The highest BCUT2D eigenvalue weighted by Gasteiger charge is 2.24. The van der Waals surface area contributed by atoms with Gasteiger partial charge >= 0.3 is 0 Å². The Balaban J connectivity index is 2.24. The van der Waals surface area contributed by atoms with Crippen LogP contribution in [-0.2, 0) is 4.74 Å². The molecule has 0 amide bonds. The van der Waals surface area contributed by atoms with Crippen molar-refractivity contribution in [1.29, 1.82) is 0 Å². The van der Waals surface area contributed by atoms with Crippen LogP contribution in [0, 0.1) is 5.92 Å². The molecule has 1 aliphatic rings. The van der Waals surface area contributed by atoms with Crippen LogP contribution in [0.5, 0.6) is 0 Å². The van der Waals surface area contributed by atoms with Crippen LogP contribution in [0.2, 0.25) is 0 Å². The zero-order chi connectivity index (χ0) is 6.69. The first-order valence-corrected chi connectivity index (χ1v) is 3.17. The van der Waals surface area contributed by atoms with Gasteiger partial charge in [-0.15, -0.1) is 0 Å². The van der Waals surface area contributed by atoms with E-state index in [4.69, 9.17) is 9.84 Å². The molecule has 0 aromatic carbocycles. The normalized spacial score (nSPS) is 30.7. The molecule has 9 heavy (non-hydrogen) atoms. The molecule has 54 valence electrons. The van der Waals surface area contributed by atoms with E-state index in [0.717, 1.165) is 6.42 Å². The number of aliphatic hydroxyl groups is 1. The van der Waals surface area contributed by atoms with Crippen LogP contribution in [-0.4, -0.2) is 31.1 Å². The van der Waals surface area contributed by atoms with E-state index in [2.05, 4.69) is 0 Å². The first-order valence-electron chi connectivity index (χ1n) is 3.17. The molecule has 0 saturated carbocycles. The largest absolute Gasteiger partial charge is 0.393 e. The van der Waals surface area contributed by atoms with Crippen molar-refractivity contribution in [3.63, 3.8) is 0 Å². The number of rotatable bonds is 2. The smallest absolute Gasteiger partial charge is 0.128 e. The van der Waals surface area contributed by atoms with Crippen LogP contribution >= 0.6 is 0 Å². The molecule has 0 bridgehead atoms. The van der Waals surface area contributed by atoms with Crippen molar-refractivity contribution >= 4 is 0 Å². The lowest BCUT2D eigenvalue weighted by molar-refractivity contribution is 0.108. The van der Waals surface area contributed by atoms with E-state index in [1.807, 2.05) is 0 Å². The van der Waals surface area contributed by atoms with Gasteiger partial charge in [-0.25, -0.2) is 4.39 Å². The summed E-state index contributed by atoms with van der Waals surface area (Å²) in [6, 6.07) is 0. The van der Waals surface area contributed by atoms with Gasteiger partial charge in [0, 0.05) is 12.5 Å². The maximum absolute atomic E-state index is 12.5. The average Bonchev–Trinajstić information content (AvgIpc) is 2.37. The Bertz CT molecular complexity index is 81.1. The fourth-order valence-corrected chi connectivity index (χ4v) is 0.987. The molecule has 0 spiro atoms. The molecule has 1 rings (SSSR count). The molecular weight excluding hydrogens is 123 g/mol. The van der Waals surface area contributed by atoms with E-state index in [9.17, 15) is 4.39 Å². The van der Waals surface area contributed by atoms with Gasteiger partial charge in [-0.05, 0) is 6.42 Å². The molecule has 1 N–H and O–H groups in total. The summed E-state index contributed by atoms with van der Waals surface area (Å²) in [7, 11) is 0. The third-order valence-electron chi connectivity index (χ3n) is 1.65. The molecule has 2 nitrogen and oxygen atoms in total. The minimum Gasteiger partial charge on any atom is -0.393 e. The van der Waals surface area contributed by atoms with Crippen LogP contribution in [0.25, 0.3) is 0 Å². The summed E-state index contributed by atoms with van der Waals surface area (Å²) in [4.78, 5) is 0. The summed E-state index contributed by atoms with van der Waals surface area (Å²) in [6.45, 7) is 0.751. The van der Waals surface area contributed by atoms with Gasteiger partial charge in [-0.2, -0.15) is 0 Å². The third kappa shape index (κ3) is 1.63. The molecule has 2 atom stereocenters. The third-order valence-corrected chi connectivity index (χ3v) is 1.65. The van der Waals surface area contributed by atoms with Crippen molar-refractivity contribution in [2.75, 3.05) is 19.8 Å². The molecule has 1 saturated heterocycles. The Hall–Kier alpha value is -0.150. The molecule has 0 radical (unpaired) electrons. The van der Waals surface area contributed by atoms with Gasteiger partial charge in [0.15, 0.2) is 0 Å². The van der Waals surface area contributed by atoms with Gasteiger partial charge in [0.25, 0.3) is 0 Å². The van der Waals surface area contributed by atoms with Crippen molar-refractivity contribution < 1.29 is 14.2 Å². The zero-order valence-electron chi connectivity index (χ0n) is 5.22. The maximum atomic E-state index is 12.5. The Labute approximate surface area is 53.6 Å². The predicted octanol–water partition coefficient (Wildman–Crippen LogP) is 0.353. The van der Waals surface area contributed by atoms with Crippen molar-refractivity contribution in [3.8, 4) is 0 Å². The molecule has 1 aliphatic heterocycles. The second-order valence-electron chi connectivity index (χ2n) is 2.32. The minimum atomic E-state index is -1.08. The molecule has 0 aliphatic carbocycles. The molecular formula is C6H11FO2. The molecule has 1 heterocycles. The highest BCUT2D eigenvalue weighted by atomic mass is 19.1. The van der Waals surface area contributed by atoms with E-state index in [-0.39, 0.29) is 12.5 Å². The number of alkyl halides is 1. The van der Waals surface area contributed by atoms with E-state index in [1.165, 1.54) is 0 Å². The highest BCUT2D eigenvalue weighted by molar-refractivity contribution is 4.71. The van der Waals surface area contributed by atoms with Crippen LogP contribution in [0.15, 0.2) is 0 Å². The number of halogens is 1. The summed E-state index contributed by atoms with van der Waals surface area (Å²) in [5, 5.41) is 8.36. The number of hydrogen-bond acceptors (Lipinski definition) is 2.